The van der Waals surface area contributed by atoms with E-state index in [0.717, 1.165) is 12.5 Å². The fourth-order valence-corrected chi connectivity index (χ4v) is 2.90. The van der Waals surface area contributed by atoms with Crippen molar-refractivity contribution >= 4 is 11.6 Å². The molecular formula is C15H19FN2O. The summed E-state index contributed by atoms with van der Waals surface area (Å²) in [4.78, 5) is 12.2. The molecular weight excluding hydrogens is 243 g/mol. The van der Waals surface area contributed by atoms with Crippen LogP contribution in [-0.4, -0.2) is 19.5 Å². The van der Waals surface area contributed by atoms with Gasteiger partial charge in [-0.05, 0) is 49.1 Å². The van der Waals surface area contributed by atoms with E-state index >= 15 is 0 Å². The van der Waals surface area contributed by atoms with E-state index in [1.54, 1.807) is 19.2 Å². The molecule has 4 heteroatoms. The van der Waals surface area contributed by atoms with Gasteiger partial charge in [0.2, 0.25) is 0 Å². The van der Waals surface area contributed by atoms with Crippen molar-refractivity contribution in [1.29, 1.82) is 0 Å². The Morgan fingerprint density at radius 1 is 1.42 bits per heavy atom. The van der Waals surface area contributed by atoms with Crippen molar-refractivity contribution < 1.29 is 9.18 Å². The molecule has 102 valence electrons. The van der Waals surface area contributed by atoms with Gasteiger partial charge in [-0.1, -0.05) is 6.07 Å². The lowest BCUT2D eigenvalue weighted by molar-refractivity contribution is 0.0943. The Morgan fingerprint density at radius 3 is 2.74 bits per heavy atom. The highest BCUT2D eigenvalue weighted by atomic mass is 19.1. The first-order valence-electron chi connectivity index (χ1n) is 6.91. The Balaban J connectivity index is 1.68. The van der Waals surface area contributed by atoms with Crippen molar-refractivity contribution in [3.63, 3.8) is 0 Å². The molecule has 2 saturated carbocycles. The van der Waals surface area contributed by atoms with Gasteiger partial charge in [-0.25, -0.2) is 4.39 Å². The molecule has 2 aliphatic rings. The zero-order valence-corrected chi connectivity index (χ0v) is 11.1. The van der Waals surface area contributed by atoms with Crippen LogP contribution in [0.5, 0.6) is 0 Å². The zero-order chi connectivity index (χ0) is 13.5. The van der Waals surface area contributed by atoms with E-state index in [4.69, 9.17) is 0 Å². The monoisotopic (exact) mass is 262 g/mol. The molecule has 0 spiro atoms. The molecule has 1 amide bonds. The van der Waals surface area contributed by atoms with Gasteiger partial charge < -0.3 is 10.6 Å². The van der Waals surface area contributed by atoms with Crippen LogP contribution in [0, 0.1) is 17.2 Å². The fourth-order valence-electron chi connectivity index (χ4n) is 2.90. The Kier molecular flexibility index (Phi) is 2.96. The SMILES string of the molecule is CNc1c(F)cccc1C(=O)NCC1(C2CC2)CC1. The standard InChI is InChI=1S/C15H19FN2O/c1-17-13-11(3-2-4-12(13)16)14(19)18-9-15(7-8-15)10-5-6-10/h2-4,10,17H,5-9H2,1H3,(H,18,19). The highest BCUT2D eigenvalue weighted by Crippen LogP contribution is 2.60. The van der Waals surface area contributed by atoms with E-state index in [1.807, 2.05) is 0 Å². The second-order valence-corrected chi connectivity index (χ2v) is 5.73. The molecule has 1 aromatic carbocycles. The number of hydrogen-bond donors (Lipinski definition) is 2. The molecule has 0 heterocycles. The third kappa shape index (κ3) is 2.31. The summed E-state index contributed by atoms with van der Waals surface area (Å²) < 4.78 is 13.6. The lowest BCUT2D eigenvalue weighted by Gasteiger charge is -2.16. The first kappa shape index (κ1) is 12.5. The highest BCUT2D eigenvalue weighted by Gasteiger charge is 2.53. The van der Waals surface area contributed by atoms with Gasteiger partial charge in [-0.15, -0.1) is 0 Å². The number of amides is 1. The molecule has 0 saturated heterocycles. The fraction of sp³-hybridized carbons (Fsp3) is 0.533. The Bertz CT molecular complexity index is 507. The first-order chi connectivity index (χ1) is 9.16. The number of anilines is 1. The van der Waals surface area contributed by atoms with Crippen LogP contribution in [0.15, 0.2) is 18.2 Å². The predicted octanol–water partition coefficient (Wildman–Crippen LogP) is 2.79. The van der Waals surface area contributed by atoms with E-state index in [0.29, 0.717) is 11.0 Å². The molecule has 1 aromatic rings. The third-order valence-corrected chi connectivity index (χ3v) is 4.44. The normalized spacial score (nSPS) is 19.9. The van der Waals surface area contributed by atoms with Gasteiger partial charge in [0.05, 0.1) is 11.3 Å². The molecule has 19 heavy (non-hydrogen) atoms. The minimum Gasteiger partial charge on any atom is -0.385 e. The number of carbonyl (C=O) groups excluding carboxylic acids is 1. The van der Waals surface area contributed by atoms with Crippen LogP contribution in [-0.2, 0) is 0 Å². The summed E-state index contributed by atoms with van der Waals surface area (Å²) in [5, 5.41) is 5.74. The van der Waals surface area contributed by atoms with Crippen molar-refractivity contribution in [2.75, 3.05) is 18.9 Å². The summed E-state index contributed by atoms with van der Waals surface area (Å²) in [7, 11) is 1.63. The second kappa shape index (κ2) is 4.51. The topological polar surface area (TPSA) is 41.1 Å². The third-order valence-electron chi connectivity index (χ3n) is 4.44. The maximum atomic E-state index is 13.6. The smallest absolute Gasteiger partial charge is 0.253 e. The van der Waals surface area contributed by atoms with E-state index in [-0.39, 0.29) is 11.6 Å². The molecule has 0 aromatic heterocycles. The number of halogens is 1. The number of rotatable bonds is 5. The largest absolute Gasteiger partial charge is 0.385 e. The van der Waals surface area contributed by atoms with E-state index in [9.17, 15) is 9.18 Å². The maximum absolute atomic E-state index is 13.6. The van der Waals surface area contributed by atoms with Crippen molar-refractivity contribution in [2.24, 2.45) is 11.3 Å². The lowest BCUT2D eigenvalue weighted by atomic mass is 10.0. The van der Waals surface area contributed by atoms with Gasteiger partial charge in [0.15, 0.2) is 0 Å². The number of benzene rings is 1. The quantitative estimate of drug-likeness (QED) is 0.856. The molecule has 2 fully saturated rings. The van der Waals surface area contributed by atoms with Crippen LogP contribution in [0.25, 0.3) is 0 Å². The van der Waals surface area contributed by atoms with Crippen LogP contribution >= 0.6 is 0 Å². The first-order valence-corrected chi connectivity index (χ1v) is 6.91. The van der Waals surface area contributed by atoms with Crippen molar-refractivity contribution in [1.82, 2.24) is 5.32 Å². The van der Waals surface area contributed by atoms with E-state index < -0.39 is 5.82 Å². The number of nitrogens with one attached hydrogen (secondary N) is 2. The van der Waals surface area contributed by atoms with Crippen molar-refractivity contribution in [2.45, 2.75) is 25.7 Å². The minimum absolute atomic E-state index is 0.184. The summed E-state index contributed by atoms with van der Waals surface area (Å²) in [6.45, 7) is 0.732. The van der Waals surface area contributed by atoms with Gasteiger partial charge in [-0.2, -0.15) is 0 Å². The highest BCUT2D eigenvalue weighted by molar-refractivity contribution is 5.99. The van der Waals surface area contributed by atoms with Gasteiger partial charge in [0, 0.05) is 13.6 Å². The molecule has 0 bridgehead atoms. The van der Waals surface area contributed by atoms with Gasteiger partial charge in [0.25, 0.3) is 5.91 Å². The average Bonchev–Trinajstić information content (AvgIpc) is 3.28. The number of carbonyl (C=O) groups is 1. The summed E-state index contributed by atoms with van der Waals surface area (Å²) in [6, 6.07) is 4.58. The maximum Gasteiger partial charge on any atom is 0.253 e. The van der Waals surface area contributed by atoms with Crippen LogP contribution in [0.3, 0.4) is 0 Å². The van der Waals surface area contributed by atoms with E-state index in [2.05, 4.69) is 10.6 Å². The van der Waals surface area contributed by atoms with Crippen LogP contribution in [0.2, 0.25) is 0 Å². The Labute approximate surface area is 112 Å². The lowest BCUT2D eigenvalue weighted by Crippen LogP contribution is -2.31. The molecule has 2 aliphatic carbocycles. The summed E-state index contributed by atoms with van der Waals surface area (Å²) >= 11 is 0. The van der Waals surface area contributed by atoms with E-state index in [1.165, 1.54) is 31.7 Å². The summed E-state index contributed by atoms with van der Waals surface area (Å²) in [5.74, 6) is 0.235. The van der Waals surface area contributed by atoms with Crippen molar-refractivity contribution in [3.8, 4) is 0 Å². The van der Waals surface area contributed by atoms with Crippen LogP contribution in [0.1, 0.15) is 36.0 Å². The van der Waals surface area contributed by atoms with Crippen molar-refractivity contribution in [3.05, 3.63) is 29.6 Å². The average molecular weight is 262 g/mol. The minimum atomic E-state index is -0.390. The predicted molar refractivity (Wildman–Crippen MR) is 72.7 cm³/mol. The molecule has 3 rings (SSSR count). The zero-order valence-electron chi connectivity index (χ0n) is 11.1. The molecule has 2 N–H and O–H groups in total. The van der Waals surface area contributed by atoms with Crippen LogP contribution in [0.4, 0.5) is 10.1 Å². The molecule has 0 aliphatic heterocycles. The summed E-state index contributed by atoms with van der Waals surface area (Å²) in [5.41, 5.74) is 1.02. The molecule has 0 unspecified atom stereocenters. The Morgan fingerprint density at radius 2 is 2.16 bits per heavy atom. The molecule has 0 atom stereocenters. The van der Waals surface area contributed by atoms with Gasteiger partial charge in [-0.3, -0.25) is 4.79 Å². The van der Waals surface area contributed by atoms with Gasteiger partial charge >= 0.3 is 0 Å². The van der Waals surface area contributed by atoms with Crippen LogP contribution < -0.4 is 10.6 Å². The molecule has 0 radical (unpaired) electrons. The summed E-state index contributed by atoms with van der Waals surface area (Å²) in [6.07, 6.45) is 5.05. The number of para-hydroxylation sites is 1. The molecule has 3 nitrogen and oxygen atoms in total. The Hall–Kier alpha value is -1.58. The number of hydrogen-bond acceptors (Lipinski definition) is 2. The van der Waals surface area contributed by atoms with Gasteiger partial charge in [0.1, 0.15) is 5.82 Å². The second-order valence-electron chi connectivity index (χ2n) is 5.73.